The molecule has 4 rings (SSSR count). The Morgan fingerprint density at radius 3 is 2.60 bits per heavy atom. The summed E-state index contributed by atoms with van der Waals surface area (Å²) >= 11 is 0. The molecule has 0 bridgehead atoms. The molecular formula is C20H24N4O. The number of fused-ring (bicyclic) bond motifs is 1. The largest absolute Gasteiger partial charge is 0.330 e. The van der Waals surface area contributed by atoms with Gasteiger partial charge in [-0.25, -0.2) is 4.99 Å². The Morgan fingerprint density at radius 1 is 1.20 bits per heavy atom. The minimum absolute atomic E-state index is 0.0818. The Morgan fingerprint density at radius 2 is 1.92 bits per heavy atom. The monoisotopic (exact) mass is 336 g/mol. The van der Waals surface area contributed by atoms with Gasteiger partial charge in [-0.3, -0.25) is 9.89 Å². The maximum absolute atomic E-state index is 13.3. The second-order valence-electron chi connectivity index (χ2n) is 7.04. The van der Waals surface area contributed by atoms with Crippen LogP contribution in [0.2, 0.25) is 0 Å². The second-order valence-corrected chi connectivity index (χ2v) is 7.04. The van der Waals surface area contributed by atoms with Gasteiger partial charge in [-0.05, 0) is 31.7 Å². The lowest BCUT2D eigenvalue weighted by Crippen LogP contribution is -2.41. The molecule has 0 saturated heterocycles. The molecule has 1 aromatic carbocycles. The number of nitrogens with one attached hydrogen (secondary N) is 1. The number of hydrogen-bond donors (Lipinski definition) is 1. The Balaban J connectivity index is 1.81. The van der Waals surface area contributed by atoms with Crippen molar-refractivity contribution in [2.45, 2.75) is 52.0 Å². The molecule has 1 N–H and O–H groups in total. The van der Waals surface area contributed by atoms with E-state index < -0.39 is 0 Å². The van der Waals surface area contributed by atoms with Gasteiger partial charge in [0.25, 0.3) is 5.91 Å². The molecule has 1 fully saturated rings. The summed E-state index contributed by atoms with van der Waals surface area (Å²) in [6, 6.07) is 8.68. The Bertz CT molecular complexity index is 813. The first-order valence-electron chi connectivity index (χ1n) is 9.20. The van der Waals surface area contributed by atoms with Gasteiger partial charge in [0, 0.05) is 6.04 Å². The van der Waals surface area contributed by atoms with E-state index in [1.54, 1.807) is 0 Å². The van der Waals surface area contributed by atoms with Crippen LogP contribution in [0.5, 0.6) is 0 Å². The standard InChI is InChI=1S/C20H24N4O/c1-3-16-18-19(23-22-16)21-17(14-10-8-13(2)9-11-14)12-24(20(18)25)15-6-4-5-7-15/h8-11,15H,3-7,12H2,1-2H3,(H,22,23). The predicted octanol–water partition coefficient (Wildman–Crippen LogP) is 3.80. The molecule has 1 amide bonds. The van der Waals surface area contributed by atoms with Crippen LogP contribution in [0.15, 0.2) is 29.3 Å². The number of aromatic amines is 1. The highest BCUT2D eigenvalue weighted by Crippen LogP contribution is 2.31. The third kappa shape index (κ3) is 2.88. The van der Waals surface area contributed by atoms with Crippen LogP contribution < -0.4 is 0 Å². The number of rotatable bonds is 3. The molecule has 5 nitrogen and oxygen atoms in total. The normalized spacial score (nSPS) is 18.2. The number of carbonyl (C=O) groups excluding carboxylic acids is 1. The van der Waals surface area contributed by atoms with E-state index in [1.807, 2.05) is 11.8 Å². The van der Waals surface area contributed by atoms with Gasteiger partial charge in [-0.2, -0.15) is 5.10 Å². The van der Waals surface area contributed by atoms with Crippen LogP contribution in [0.4, 0.5) is 5.82 Å². The quantitative estimate of drug-likeness (QED) is 0.927. The van der Waals surface area contributed by atoms with Crippen molar-refractivity contribution >= 4 is 17.4 Å². The zero-order valence-electron chi connectivity index (χ0n) is 14.9. The molecular weight excluding hydrogens is 312 g/mol. The summed E-state index contributed by atoms with van der Waals surface area (Å²) < 4.78 is 0. The van der Waals surface area contributed by atoms with Gasteiger partial charge in [-0.1, -0.05) is 49.6 Å². The summed E-state index contributed by atoms with van der Waals surface area (Å²) in [4.78, 5) is 20.1. The van der Waals surface area contributed by atoms with Gasteiger partial charge in [0.15, 0.2) is 5.82 Å². The van der Waals surface area contributed by atoms with Crippen LogP contribution in [0.25, 0.3) is 0 Å². The SMILES string of the molecule is CCc1n[nH]c2c1C(=O)N(C1CCCC1)CC(c1ccc(C)cc1)=N2. The van der Waals surface area contributed by atoms with Crippen molar-refractivity contribution in [3.05, 3.63) is 46.6 Å². The van der Waals surface area contributed by atoms with Gasteiger partial charge < -0.3 is 4.90 Å². The van der Waals surface area contributed by atoms with Gasteiger partial charge in [0.05, 0.1) is 18.0 Å². The van der Waals surface area contributed by atoms with Crippen LogP contribution in [0.1, 0.15) is 59.8 Å². The molecule has 0 spiro atoms. The van der Waals surface area contributed by atoms with Crippen LogP contribution in [-0.2, 0) is 6.42 Å². The number of hydrogen-bond acceptors (Lipinski definition) is 3. The molecule has 1 aliphatic carbocycles. The average Bonchev–Trinajstić information content (AvgIpc) is 3.26. The lowest BCUT2D eigenvalue weighted by molar-refractivity contribution is 0.0716. The summed E-state index contributed by atoms with van der Waals surface area (Å²) in [6.45, 7) is 4.67. The van der Waals surface area contributed by atoms with E-state index in [4.69, 9.17) is 4.99 Å². The maximum atomic E-state index is 13.3. The number of benzene rings is 1. The number of H-pyrrole nitrogens is 1. The Kier molecular flexibility index (Phi) is 4.15. The number of aliphatic imine (C=N–C) groups is 1. The van der Waals surface area contributed by atoms with Crippen molar-refractivity contribution in [1.29, 1.82) is 0 Å². The molecule has 2 aromatic rings. The summed E-state index contributed by atoms with van der Waals surface area (Å²) in [5, 5.41) is 7.32. The smallest absolute Gasteiger partial charge is 0.260 e. The second kappa shape index (κ2) is 6.47. The highest BCUT2D eigenvalue weighted by molar-refractivity contribution is 6.10. The zero-order valence-corrected chi connectivity index (χ0v) is 14.9. The summed E-state index contributed by atoms with van der Waals surface area (Å²) in [7, 11) is 0. The highest BCUT2D eigenvalue weighted by atomic mass is 16.2. The van der Waals surface area contributed by atoms with Crippen molar-refractivity contribution in [3.8, 4) is 0 Å². The van der Waals surface area contributed by atoms with Crippen molar-refractivity contribution in [1.82, 2.24) is 15.1 Å². The number of amides is 1. The van der Waals surface area contributed by atoms with Crippen molar-refractivity contribution in [2.24, 2.45) is 4.99 Å². The first kappa shape index (κ1) is 16.1. The van der Waals surface area contributed by atoms with Crippen LogP contribution >= 0.6 is 0 Å². The first-order valence-corrected chi connectivity index (χ1v) is 9.20. The number of aromatic nitrogens is 2. The molecule has 2 heterocycles. The zero-order chi connectivity index (χ0) is 17.4. The van der Waals surface area contributed by atoms with Gasteiger partial charge in [-0.15, -0.1) is 0 Å². The fourth-order valence-corrected chi connectivity index (χ4v) is 3.89. The lowest BCUT2D eigenvalue weighted by atomic mass is 10.1. The van der Waals surface area contributed by atoms with E-state index in [1.165, 1.54) is 18.4 Å². The third-order valence-electron chi connectivity index (χ3n) is 5.35. The molecule has 25 heavy (non-hydrogen) atoms. The fourth-order valence-electron chi connectivity index (χ4n) is 3.89. The van der Waals surface area contributed by atoms with E-state index in [0.717, 1.165) is 36.2 Å². The molecule has 1 saturated carbocycles. The number of nitrogens with zero attached hydrogens (tertiary/aromatic N) is 3. The van der Waals surface area contributed by atoms with Crippen molar-refractivity contribution in [3.63, 3.8) is 0 Å². The molecule has 5 heteroatoms. The van der Waals surface area contributed by atoms with E-state index in [9.17, 15) is 4.79 Å². The maximum Gasteiger partial charge on any atom is 0.260 e. The minimum Gasteiger partial charge on any atom is -0.330 e. The lowest BCUT2D eigenvalue weighted by Gasteiger charge is -2.28. The third-order valence-corrected chi connectivity index (χ3v) is 5.35. The predicted molar refractivity (Wildman–Crippen MR) is 98.6 cm³/mol. The van der Waals surface area contributed by atoms with Crippen LogP contribution in [0.3, 0.4) is 0 Å². The minimum atomic E-state index is 0.0818. The average molecular weight is 336 g/mol. The van der Waals surface area contributed by atoms with Gasteiger partial charge in [0.2, 0.25) is 0 Å². The van der Waals surface area contributed by atoms with Crippen LogP contribution in [-0.4, -0.2) is 39.3 Å². The molecule has 2 aliphatic rings. The molecule has 1 aliphatic heterocycles. The molecule has 0 unspecified atom stereocenters. The van der Waals surface area contributed by atoms with Gasteiger partial charge >= 0.3 is 0 Å². The Hall–Kier alpha value is -2.43. The summed E-state index contributed by atoms with van der Waals surface area (Å²) in [5.74, 6) is 0.691. The summed E-state index contributed by atoms with van der Waals surface area (Å²) in [6.07, 6.45) is 5.29. The fraction of sp³-hybridized carbons (Fsp3) is 0.450. The van der Waals surface area contributed by atoms with Crippen LogP contribution in [0, 0.1) is 6.92 Å². The van der Waals surface area contributed by atoms with Gasteiger partial charge in [0.1, 0.15) is 5.56 Å². The van der Waals surface area contributed by atoms with E-state index in [-0.39, 0.29) is 5.91 Å². The molecule has 130 valence electrons. The van der Waals surface area contributed by atoms with Crippen molar-refractivity contribution in [2.75, 3.05) is 6.54 Å². The molecule has 0 radical (unpaired) electrons. The Labute approximate surface area is 148 Å². The van der Waals surface area contributed by atoms with E-state index in [2.05, 4.69) is 41.4 Å². The molecule has 0 atom stereocenters. The first-order chi connectivity index (χ1) is 12.2. The number of aryl methyl sites for hydroxylation is 2. The van der Waals surface area contributed by atoms with E-state index >= 15 is 0 Å². The topological polar surface area (TPSA) is 61.4 Å². The highest BCUT2D eigenvalue weighted by Gasteiger charge is 2.34. The number of carbonyl (C=O) groups is 1. The van der Waals surface area contributed by atoms with Crippen molar-refractivity contribution < 1.29 is 4.79 Å². The molecule has 1 aromatic heterocycles. The van der Waals surface area contributed by atoms with E-state index in [0.29, 0.717) is 24.0 Å². The summed E-state index contributed by atoms with van der Waals surface area (Å²) in [5.41, 5.74) is 4.71.